The van der Waals surface area contributed by atoms with Crippen LogP contribution in [0.5, 0.6) is 0 Å². The molecule has 0 aromatic carbocycles. The Morgan fingerprint density at radius 2 is 2.00 bits per heavy atom. The van der Waals surface area contributed by atoms with Crippen LogP contribution in [0.15, 0.2) is 0 Å². The van der Waals surface area contributed by atoms with E-state index in [0.717, 1.165) is 13.0 Å². The first-order chi connectivity index (χ1) is 7.47. The van der Waals surface area contributed by atoms with Gasteiger partial charge in [0, 0.05) is 34.2 Å². The minimum atomic E-state index is -0.459. The van der Waals surface area contributed by atoms with Crippen molar-refractivity contribution in [3.63, 3.8) is 0 Å². The fourth-order valence-electron chi connectivity index (χ4n) is 1.42. The van der Waals surface area contributed by atoms with Gasteiger partial charge in [0.05, 0.1) is 12.7 Å². The fraction of sp³-hybridized carbons (Fsp3) is 0.909. The van der Waals surface area contributed by atoms with Crippen LogP contribution in [-0.2, 0) is 9.53 Å². The second-order valence-electron chi connectivity index (χ2n) is 4.26. The molecular weight excluding hydrogens is 208 g/mol. The number of amides is 1. The van der Waals surface area contributed by atoms with Crippen LogP contribution < -0.4 is 0 Å². The number of aliphatic hydroxyl groups is 1. The van der Waals surface area contributed by atoms with Gasteiger partial charge in [-0.3, -0.25) is 4.79 Å². The Morgan fingerprint density at radius 3 is 2.50 bits per heavy atom. The molecule has 0 aliphatic heterocycles. The molecule has 96 valence electrons. The maximum atomic E-state index is 11.3. The summed E-state index contributed by atoms with van der Waals surface area (Å²) >= 11 is 0. The minimum Gasteiger partial charge on any atom is -0.389 e. The molecule has 1 unspecified atom stereocenters. The van der Waals surface area contributed by atoms with Gasteiger partial charge in [-0.25, -0.2) is 0 Å². The zero-order valence-corrected chi connectivity index (χ0v) is 10.8. The fourth-order valence-corrected chi connectivity index (χ4v) is 1.42. The number of ether oxygens (including phenoxy) is 1. The highest BCUT2D eigenvalue weighted by atomic mass is 16.5. The Kier molecular flexibility index (Phi) is 8.15. The SMILES string of the molecule is COCC(O)CN(C)CCCC(=O)N(C)C. The highest BCUT2D eigenvalue weighted by Gasteiger charge is 2.09. The van der Waals surface area contributed by atoms with Crippen LogP contribution in [0.3, 0.4) is 0 Å². The van der Waals surface area contributed by atoms with Crippen molar-refractivity contribution in [1.82, 2.24) is 9.80 Å². The summed E-state index contributed by atoms with van der Waals surface area (Å²) in [6.45, 7) is 1.73. The van der Waals surface area contributed by atoms with Gasteiger partial charge in [0.2, 0.25) is 5.91 Å². The van der Waals surface area contributed by atoms with Crippen molar-refractivity contribution in [2.75, 3.05) is 47.9 Å². The van der Waals surface area contributed by atoms with Crippen LogP contribution in [0.2, 0.25) is 0 Å². The van der Waals surface area contributed by atoms with Crippen LogP contribution >= 0.6 is 0 Å². The largest absolute Gasteiger partial charge is 0.389 e. The van der Waals surface area contributed by atoms with E-state index in [0.29, 0.717) is 19.6 Å². The average molecular weight is 232 g/mol. The Bertz CT molecular complexity index is 198. The lowest BCUT2D eigenvalue weighted by molar-refractivity contribution is -0.128. The van der Waals surface area contributed by atoms with Crippen LogP contribution in [0.1, 0.15) is 12.8 Å². The van der Waals surface area contributed by atoms with Gasteiger partial charge in [0.1, 0.15) is 0 Å². The van der Waals surface area contributed by atoms with E-state index >= 15 is 0 Å². The zero-order valence-electron chi connectivity index (χ0n) is 10.8. The molecule has 0 heterocycles. The summed E-state index contributed by atoms with van der Waals surface area (Å²) in [4.78, 5) is 14.9. The molecule has 0 aliphatic carbocycles. The molecule has 0 aliphatic rings. The molecule has 5 heteroatoms. The van der Waals surface area contributed by atoms with E-state index in [2.05, 4.69) is 0 Å². The summed E-state index contributed by atoms with van der Waals surface area (Å²) in [5, 5.41) is 9.47. The van der Waals surface area contributed by atoms with E-state index < -0.39 is 6.10 Å². The Hall–Kier alpha value is -0.650. The number of rotatable bonds is 8. The molecule has 0 bridgehead atoms. The predicted molar refractivity (Wildman–Crippen MR) is 63.3 cm³/mol. The zero-order chi connectivity index (χ0) is 12.6. The normalized spacial score (nSPS) is 12.9. The topological polar surface area (TPSA) is 53.0 Å². The van der Waals surface area contributed by atoms with Gasteiger partial charge in [-0.2, -0.15) is 0 Å². The van der Waals surface area contributed by atoms with Crippen LogP contribution in [-0.4, -0.2) is 74.9 Å². The third kappa shape index (κ3) is 7.62. The molecule has 0 spiro atoms. The molecule has 1 atom stereocenters. The molecule has 1 amide bonds. The van der Waals surface area contributed by atoms with Crippen molar-refractivity contribution < 1.29 is 14.6 Å². The molecule has 0 radical (unpaired) electrons. The van der Waals surface area contributed by atoms with Crippen molar-refractivity contribution in [3.05, 3.63) is 0 Å². The summed E-state index contributed by atoms with van der Waals surface area (Å²) in [5.41, 5.74) is 0. The monoisotopic (exact) mass is 232 g/mol. The Morgan fingerprint density at radius 1 is 1.38 bits per heavy atom. The third-order valence-corrected chi connectivity index (χ3v) is 2.31. The molecule has 1 N–H and O–H groups in total. The quantitative estimate of drug-likeness (QED) is 0.629. The van der Waals surface area contributed by atoms with Gasteiger partial charge in [-0.05, 0) is 20.0 Å². The lowest BCUT2D eigenvalue weighted by Gasteiger charge is -2.20. The molecule has 0 aromatic heterocycles. The van der Waals surface area contributed by atoms with Gasteiger partial charge in [0.25, 0.3) is 0 Å². The standard InChI is InChI=1S/C11H24N2O3/c1-12(2)11(15)6-5-7-13(3)8-10(14)9-16-4/h10,14H,5-9H2,1-4H3. The van der Waals surface area contributed by atoms with Gasteiger partial charge in [-0.15, -0.1) is 0 Å². The first-order valence-corrected chi connectivity index (χ1v) is 5.53. The van der Waals surface area contributed by atoms with E-state index in [1.807, 2.05) is 11.9 Å². The highest BCUT2D eigenvalue weighted by Crippen LogP contribution is 1.97. The van der Waals surface area contributed by atoms with E-state index in [1.54, 1.807) is 26.1 Å². The number of hydrogen-bond acceptors (Lipinski definition) is 4. The van der Waals surface area contributed by atoms with Crippen molar-refractivity contribution in [3.8, 4) is 0 Å². The van der Waals surface area contributed by atoms with E-state index in [9.17, 15) is 9.90 Å². The molecule has 5 nitrogen and oxygen atoms in total. The molecule has 0 fully saturated rings. The van der Waals surface area contributed by atoms with Gasteiger partial charge < -0.3 is 19.6 Å². The number of carbonyl (C=O) groups excluding carboxylic acids is 1. The summed E-state index contributed by atoms with van der Waals surface area (Å²) < 4.78 is 4.84. The van der Waals surface area contributed by atoms with Gasteiger partial charge >= 0.3 is 0 Å². The molecule has 0 saturated heterocycles. The summed E-state index contributed by atoms with van der Waals surface area (Å²) in [5.74, 6) is 0.144. The molecular formula is C11H24N2O3. The first kappa shape index (κ1) is 15.3. The number of carbonyl (C=O) groups is 1. The average Bonchev–Trinajstić information content (AvgIpc) is 2.17. The number of aliphatic hydroxyl groups excluding tert-OH is 1. The van der Waals surface area contributed by atoms with Crippen LogP contribution in [0, 0.1) is 0 Å². The van der Waals surface area contributed by atoms with Crippen LogP contribution in [0.4, 0.5) is 0 Å². The van der Waals surface area contributed by atoms with E-state index in [1.165, 1.54) is 0 Å². The smallest absolute Gasteiger partial charge is 0.222 e. The van der Waals surface area contributed by atoms with Crippen LogP contribution in [0.25, 0.3) is 0 Å². The molecule has 16 heavy (non-hydrogen) atoms. The highest BCUT2D eigenvalue weighted by molar-refractivity contribution is 5.75. The Balaban J connectivity index is 3.57. The molecule has 0 saturated carbocycles. The lowest BCUT2D eigenvalue weighted by atomic mass is 10.2. The van der Waals surface area contributed by atoms with Crippen molar-refractivity contribution in [2.24, 2.45) is 0 Å². The van der Waals surface area contributed by atoms with E-state index in [-0.39, 0.29) is 5.91 Å². The third-order valence-electron chi connectivity index (χ3n) is 2.31. The number of methoxy groups -OCH3 is 1. The molecule has 0 rings (SSSR count). The second kappa shape index (κ2) is 8.50. The van der Waals surface area contributed by atoms with Gasteiger partial charge in [-0.1, -0.05) is 0 Å². The maximum absolute atomic E-state index is 11.3. The number of nitrogens with zero attached hydrogens (tertiary/aromatic N) is 2. The first-order valence-electron chi connectivity index (χ1n) is 5.53. The summed E-state index contributed by atoms with van der Waals surface area (Å²) in [6, 6.07) is 0. The van der Waals surface area contributed by atoms with E-state index in [4.69, 9.17) is 4.74 Å². The van der Waals surface area contributed by atoms with Crippen molar-refractivity contribution in [1.29, 1.82) is 0 Å². The predicted octanol–water partition coefficient (Wildman–Crippen LogP) is -0.206. The summed E-state index contributed by atoms with van der Waals surface area (Å²) in [7, 11) is 7.01. The Labute approximate surface area is 98.0 Å². The van der Waals surface area contributed by atoms with Gasteiger partial charge in [0.15, 0.2) is 0 Å². The second-order valence-corrected chi connectivity index (χ2v) is 4.26. The minimum absolute atomic E-state index is 0.144. The maximum Gasteiger partial charge on any atom is 0.222 e. The molecule has 0 aromatic rings. The van der Waals surface area contributed by atoms with Crippen molar-refractivity contribution >= 4 is 5.91 Å². The van der Waals surface area contributed by atoms with Crippen molar-refractivity contribution in [2.45, 2.75) is 18.9 Å². The number of hydrogen-bond donors (Lipinski definition) is 1. The lowest BCUT2D eigenvalue weighted by Crippen LogP contribution is -2.33. The summed E-state index contributed by atoms with van der Waals surface area (Å²) in [6.07, 6.45) is 0.907. The number of likely N-dealkylation sites (N-methyl/N-ethyl adjacent to an activating group) is 1.